The Morgan fingerprint density at radius 3 is 2.50 bits per heavy atom. The van der Waals surface area contributed by atoms with Gasteiger partial charge in [0.2, 0.25) is 0 Å². The second kappa shape index (κ2) is 9.24. The number of sulfonamides is 1. The number of hydrogen-bond acceptors (Lipinski definition) is 8. The maximum absolute atomic E-state index is 13.2. The molecule has 2 N–H and O–H groups in total. The average molecular weight is 481 g/mol. The van der Waals surface area contributed by atoms with Crippen molar-refractivity contribution in [1.29, 1.82) is 0 Å². The zero-order valence-electron chi connectivity index (χ0n) is 18.2. The highest BCUT2D eigenvalue weighted by atomic mass is 32.2. The van der Waals surface area contributed by atoms with Crippen LogP contribution in [0.4, 0.5) is 17.1 Å². The van der Waals surface area contributed by atoms with Crippen molar-refractivity contribution >= 4 is 43.8 Å². The number of non-ortho nitro benzene ring substituents is 1. The molecule has 0 aliphatic heterocycles. The number of hydrazone groups is 1. The van der Waals surface area contributed by atoms with Crippen molar-refractivity contribution in [3.8, 4) is 5.75 Å². The van der Waals surface area contributed by atoms with Crippen molar-refractivity contribution in [3.05, 3.63) is 88.7 Å². The summed E-state index contributed by atoms with van der Waals surface area (Å²) >= 11 is 0. The molecule has 0 unspecified atom stereocenters. The fourth-order valence-electron chi connectivity index (χ4n) is 3.23. The molecule has 0 saturated carbocycles. The highest BCUT2D eigenvalue weighted by molar-refractivity contribution is 7.93. The molecule has 0 saturated heterocycles. The summed E-state index contributed by atoms with van der Waals surface area (Å²) in [5, 5.41) is 16.4. The van der Waals surface area contributed by atoms with Crippen molar-refractivity contribution in [1.82, 2.24) is 0 Å². The highest BCUT2D eigenvalue weighted by Crippen LogP contribution is 2.31. The number of benzene rings is 3. The smallest absolute Gasteiger partial charge is 0.270 e. The molecule has 0 spiro atoms. The topological polar surface area (TPSA) is 136 Å². The van der Waals surface area contributed by atoms with Crippen molar-refractivity contribution in [2.45, 2.75) is 11.8 Å². The minimum atomic E-state index is -4.26. The standard InChI is InChI=1S/C23H20N4O6S/c1-15(22-13-16-7-3-5-9-20(16)33-22)24-25-19-12-11-17(27(28)29)14-23(19)34(30,31)26-18-8-4-6-10-21(18)32-2/h3-14,25-26H,1-2H3/b24-15+. The maximum atomic E-state index is 13.2. The first-order valence-corrected chi connectivity index (χ1v) is 11.5. The van der Waals surface area contributed by atoms with Crippen LogP contribution in [0, 0.1) is 10.1 Å². The molecule has 1 aromatic heterocycles. The minimum absolute atomic E-state index is 0.0449. The van der Waals surface area contributed by atoms with Crippen LogP contribution in [0.1, 0.15) is 12.7 Å². The molecule has 0 fully saturated rings. The van der Waals surface area contributed by atoms with Crippen LogP contribution in [0.2, 0.25) is 0 Å². The average Bonchev–Trinajstić information content (AvgIpc) is 3.27. The minimum Gasteiger partial charge on any atom is -0.495 e. The van der Waals surface area contributed by atoms with Crippen molar-refractivity contribution in [2.24, 2.45) is 5.10 Å². The number of nitrogens with one attached hydrogen (secondary N) is 2. The molecule has 0 aliphatic carbocycles. The van der Waals surface area contributed by atoms with Gasteiger partial charge in [0, 0.05) is 17.5 Å². The van der Waals surface area contributed by atoms with E-state index in [4.69, 9.17) is 9.15 Å². The lowest BCUT2D eigenvalue weighted by molar-refractivity contribution is -0.385. The molecule has 10 nitrogen and oxygen atoms in total. The van der Waals surface area contributed by atoms with E-state index in [1.165, 1.54) is 25.3 Å². The van der Waals surface area contributed by atoms with Crippen LogP contribution in [0.3, 0.4) is 0 Å². The Hall–Kier alpha value is -4.38. The van der Waals surface area contributed by atoms with Crippen LogP contribution in [0.25, 0.3) is 11.0 Å². The summed E-state index contributed by atoms with van der Waals surface area (Å²) in [5.41, 5.74) is 3.68. The van der Waals surface area contributed by atoms with E-state index in [1.54, 1.807) is 25.1 Å². The van der Waals surface area contributed by atoms with E-state index >= 15 is 0 Å². The van der Waals surface area contributed by atoms with Gasteiger partial charge in [-0.05, 0) is 37.3 Å². The molecule has 34 heavy (non-hydrogen) atoms. The predicted molar refractivity (Wildman–Crippen MR) is 129 cm³/mol. The van der Waals surface area contributed by atoms with Gasteiger partial charge in [-0.1, -0.05) is 30.3 Å². The summed E-state index contributed by atoms with van der Waals surface area (Å²) in [7, 11) is -2.85. The van der Waals surface area contributed by atoms with Crippen LogP contribution in [0.15, 0.2) is 87.2 Å². The van der Waals surface area contributed by atoms with Gasteiger partial charge in [0.15, 0.2) is 5.76 Å². The molecule has 1 heterocycles. The van der Waals surface area contributed by atoms with Gasteiger partial charge in [-0.2, -0.15) is 5.10 Å². The van der Waals surface area contributed by atoms with Crippen LogP contribution < -0.4 is 14.9 Å². The first-order chi connectivity index (χ1) is 16.3. The molecule has 0 amide bonds. The van der Waals surface area contributed by atoms with Crippen LogP contribution in [0.5, 0.6) is 5.75 Å². The highest BCUT2D eigenvalue weighted by Gasteiger charge is 2.24. The van der Waals surface area contributed by atoms with E-state index in [0.29, 0.717) is 22.8 Å². The molecule has 4 rings (SSSR count). The van der Waals surface area contributed by atoms with E-state index in [9.17, 15) is 18.5 Å². The van der Waals surface area contributed by atoms with E-state index in [-0.39, 0.29) is 22.0 Å². The van der Waals surface area contributed by atoms with Gasteiger partial charge < -0.3 is 9.15 Å². The Morgan fingerprint density at radius 2 is 1.76 bits per heavy atom. The predicted octanol–water partition coefficient (Wildman–Crippen LogP) is 4.99. The Kier molecular flexibility index (Phi) is 6.19. The summed E-state index contributed by atoms with van der Waals surface area (Å²) in [6.07, 6.45) is 0. The summed E-state index contributed by atoms with van der Waals surface area (Å²) < 4.78 is 39.8. The molecule has 11 heteroatoms. The number of fused-ring (bicyclic) bond motifs is 1. The number of para-hydroxylation sites is 3. The van der Waals surface area contributed by atoms with Gasteiger partial charge in [0.25, 0.3) is 15.7 Å². The van der Waals surface area contributed by atoms with Crippen LogP contribution in [-0.4, -0.2) is 26.2 Å². The second-order valence-electron chi connectivity index (χ2n) is 7.20. The first-order valence-electron chi connectivity index (χ1n) is 10.0. The van der Waals surface area contributed by atoms with E-state index < -0.39 is 14.9 Å². The van der Waals surface area contributed by atoms with Crippen molar-refractivity contribution in [2.75, 3.05) is 17.3 Å². The Labute approximate surface area is 195 Å². The Morgan fingerprint density at radius 1 is 1.03 bits per heavy atom. The second-order valence-corrected chi connectivity index (χ2v) is 8.85. The quantitative estimate of drug-likeness (QED) is 0.206. The van der Waals surface area contributed by atoms with Crippen molar-refractivity contribution in [3.63, 3.8) is 0 Å². The van der Waals surface area contributed by atoms with E-state index in [2.05, 4.69) is 15.2 Å². The largest absolute Gasteiger partial charge is 0.495 e. The van der Waals surface area contributed by atoms with Crippen molar-refractivity contribution < 1.29 is 22.5 Å². The molecular formula is C23H20N4O6S. The third kappa shape index (κ3) is 4.69. The normalized spacial score (nSPS) is 11.9. The number of nitro benzene ring substituents is 1. The monoisotopic (exact) mass is 480 g/mol. The molecule has 3 aromatic carbocycles. The number of hydrogen-bond donors (Lipinski definition) is 2. The summed E-state index contributed by atoms with van der Waals surface area (Å²) in [5.74, 6) is 0.789. The first kappa shape index (κ1) is 22.8. The summed E-state index contributed by atoms with van der Waals surface area (Å²) in [4.78, 5) is 10.3. The van der Waals surface area contributed by atoms with E-state index in [1.807, 2.05) is 30.3 Å². The maximum Gasteiger partial charge on any atom is 0.270 e. The SMILES string of the molecule is COc1ccccc1NS(=O)(=O)c1cc([N+](=O)[O-])ccc1N/N=C(\C)c1cc2ccccc2o1. The lowest BCUT2D eigenvalue weighted by Gasteiger charge is -2.14. The number of nitro groups is 1. The Balaban J connectivity index is 1.70. The molecule has 0 atom stereocenters. The lowest BCUT2D eigenvalue weighted by Crippen LogP contribution is -2.16. The molecular weight excluding hydrogens is 460 g/mol. The van der Waals surface area contributed by atoms with E-state index in [0.717, 1.165) is 11.5 Å². The number of ether oxygens (including phenoxy) is 1. The third-order valence-corrected chi connectivity index (χ3v) is 6.35. The third-order valence-electron chi connectivity index (χ3n) is 4.94. The van der Waals surface area contributed by atoms with Gasteiger partial charge >= 0.3 is 0 Å². The number of anilines is 2. The number of furan rings is 1. The zero-order valence-corrected chi connectivity index (χ0v) is 19.0. The van der Waals surface area contributed by atoms with Gasteiger partial charge in [0.1, 0.15) is 21.9 Å². The summed E-state index contributed by atoms with van der Waals surface area (Å²) in [6.45, 7) is 1.69. The molecule has 4 aromatic rings. The lowest BCUT2D eigenvalue weighted by atomic mass is 10.2. The summed E-state index contributed by atoms with van der Waals surface area (Å²) in [6, 6.07) is 19.1. The molecule has 0 aliphatic rings. The Bertz CT molecular complexity index is 1480. The fraction of sp³-hybridized carbons (Fsp3) is 0.0870. The zero-order chi connectivity index (χ0) is 24.3. The number of nitrogens with zero attached hydrogens (tertiary/aromatic N) is 2. The van der Waals surface area contributed by atoms with Gasteiger partial charge in [0.05, 0.1) is 23.4 Å². The molecule has 0 radical (unpaired) electrons. The fourth-order valence-corrected chi connectivity index (χ4v) is 4.47. The molecule has 174 valence electrons. The number of rotatable bonds is 8. The van der Waals surface area contributed by atoms with Gasteiger partial charge in [-0.3, -0.25) is 20.3 Å². The van der Waals surface area contributed by atoms with Crippen LogP contribution in [-0.2, 0) is 10.0 Å². The van der Waals surface area contributed by atoms with Gasteiger partial charge in [-0.15, -0.1) is 0 Å². The van der Waals surface area contributed by atoms with Gasteiger partial charge in [-0.25, -0.2) is 8.42 Å². The van der Waals surface area contributed by atoms with Crippen LogP contribution >= 0.6 is 0 Å². The molecule has 0 bridgehead atoms. The number of methoxy groups -OCH3 is 1.